The third-order valence-corrected chi connectivity index (χ3v) is 6.55. The second-order valence-corrected chi connectivity index (χ2v) is 8.14. The molecular formula is C16H28N2S2. The number of hydrogen-bond donors (Lipinski definition) is 1. The van der Waals surface area contributed by atoms with Gasteiger partial charge in [-0.1, -0.05) is 63.1 Å². The Hall–Kier alpha value is -0.0600. The van der Waals surface area contributed by atoms with Crippen molar-refractivity contribution < 1.29 is 0 Å². The fourth-order valence-electron chi connectivity index (χ4n) is 3.03. The molecule has 1 saturated carbocycles. The summed E-state index contributed by atoms with van der Waals surface area (Å²) in [5.41, 5.74) is 0. The summed E-state index contributed by atoms with van der Waals surface area (Å²) in [7, 11) is 2.13. The maximum Gasteiger partial charge on any atom is 0.150 e. The molecule has 1 N–H and O–H groups in total. The molecule has 2 atom stereocenters. The van der Waals surface area contributed by atoms with Crippen LogP contribution >= 0.6 is 23.1 Å². The zero-order valence-corrected chi connectivity index (χ0v) is 14.3. The highest BCUT2D eigenvalue weighted by Crippen LogP contribution is 2.32. The van der Waals surface area contributed by atoms with E-state index in [0.29, 0.717) is 11.3 Å². The van der Waals surface area contributed by atoms with Crippen LogP contribution < -0.4 is 5.32 Å². The molecule has 0 radical (unpaired) electrons. The fraction of sp³-hybridized carbons (Fsp3) is 0.812. The summed E-state index contributed by atoms with van der Waals surface area (Å²) in [4.78, 5) is 4.46. The molecule has 0 bridgehead atoms. The van der Waals surface area contributed by atoms with Gasteiger partial charge in [-0.05, 0) is 19.9 Å². The lowest BCUT2D eigenvalue weighted by molar-refractivity contribution is 0.434. The number of rotatable bonds is 3. The van der Waals surface area contributed by atoms with Gasteiger partial charge in [0, 0.05) is 22.9 Å². The van der Waals surface area contributed by atoms with Crippen molar-refractivity contribution in [3.8, 4) is 0 Å². The second kappa shape index (κ2) is 9.80. The zero-order valence-electron chi connectivity index (χ0n) is 12.6. The first-order chi connectivity index (χ1) is 9.90. The van der Waals surface area contributed by atoms with Gasteiger partial charge in [0.15, 0.2) is 0 Å². The third-order valence-electron chi connectivity index (χ3n) is 4.24. The van der Waals surface area contributed by atoms with Crippen molar-refractivity contribution in [2.24, 2.45) is 0 Å². The molecular weight excluding hydrogens is 284 g/mol. The van der Waals surface area contributed by atoms with Crippen LogP contribution in [0.25, 0.3) is 0 Å². The number of thiazole rings is 1. The maximum absolute atomic E-state index is 4.46. The highest BCUT2D eigenvalue weighted by atomic mass is 32.2. The third kappa shape index (κ3) is 5.74. The van der Waals surface area contributed by atoms with Crippen LogP contribution in [0.4, 0.5) is 0 Å². The van der Waals surface area contributed by atoms with Crippen molar-refractivity contribution >= 4 is 23.1 Å². The molecule has 0 aliphatic heterocycles. The van der Waals surface area contributed by atoms with Crippen LogP contribution in [0.5, 0.6) is 0 Å². The lowest BCUT2D eigenvalue weighted by Gasteiger charge is -2.26. The highest BCUT2D eigenvalue weighted by molar-refractivity contribution is 8.01. The molecule has 2 unspecified atom stereocenters. The molecule has 1 aliphatic carbocycles. The van der Waals surface area contributed by atoms with Crippen molar-refractivity contribution in [3.63, 3.8) is 0 Å². The maximum atomic E-state index is 4.46. The molecule has 1 fully saturated rings. The first kappa shape index (κ1) is 16.3. The predicted octanol–water partition coefficient (Wildman–Crippen LogP) is 5.11. The molecule has 0 amide bonds. The molecule has 0 saturated heterocycles. The Morgan fingerprint density at radius 3 is 2.30 bits per heavy atom. The van der Waals surface area contributed by atoms with Gasteiger partial charge in [-0.2, -0.15) is 0 Å². The molecule has 2 rings (SSSR count). The van der Waals surface area contributed by atoms with Gasteiger partial charge in [0.25, 0.3) is 0 Å². The summed E-state index contributed by atoms with van der Waals surface area (Å²) in [6, 6.07) is 0.642. The monoisotopic (exact) mass is 312 g/mol. The SMILES string of the molecule is CNC1CCCCCCCCCCC1Sc1nccs1. The largest absolute Gasteiger partial charge is 0.316 e. The number of nitrogens with one attached hydrogen (secondary N) is 1. The Labute approximate surface area is 132 Å². The lowest BCUT2D eigenvalue weighted by atomic mass is 9.97. The molecule has 1 aromatic rings. The van der Waals surface area contributed by atoms with Gasteiger partial charge in [-0.15, -0.1) is 11.3 Å². The van der Waals surface area contributed by atoms with Crippen LogP contribution in [0.1, 0.15) is 64.2 Å². The average molecular weight is 313 g/mol. The van der Waals surface area contributed by atoms with E-state index in [1.54, 1.807) is 11.3 Å². The van der Waals surface area contributed by atoms with Gasteiger partial charge < -0.3 is 5.32 Å². The average Bonchev–Trinajstić information content (AvgIpc) is 2.95. The van der Waals surface area contributed by atoms with E-state index in [-0.39, 0.29) is 0 Å². The van der Waals surface area contributed by atoms with Gasteiger partial charge >= 0.3 is 0 Å². The van der Waals surface area contributed by atoms with E-state index in [9.17, 15) is 0 Å². The van der Waals surface area contributed by atoms with Crippen LogP contribution in [0.3, 0.4) is 0 Å². The molecule has 114 valence electrons. The minimum Gasteiger partial charge on any atom is -0.316 e. The number of thioether (sulfide) groups is 1. The second-order valence-electron chi connectivity index (χ2n) is 5.76. The topological polar surface area (TPSA) is 24.9 Å². The summed E-state index contributed by atoms with van der Waals surface area (Å²) in [5, 5.41) is 6.35. The summed E-state index contributed by atoms with van der Waals surface area (Å²) < 4.78 is 1.24. The van der Waals surface area contributed by atoms with E-state index in [2.05, 4.69) is 22.7 Å². The van der Waals surface area contributed by atoms with Crippen molar-refractivity contribution in [2.75, 3.05) is 7.05 Å². The van der Waals surface area contributed by atoms with E-state index in [1.165, 1.54) is 68.5 Å². The van der Waals surface area contributed by atoms with Crippen molar-refractivity contribution in [2.45, 2.75) is 79.8 Å². The van der Waals surface area contributed by atoms with Gasteiger partial charge in [0.2, 0.25) is 0 Å². The van der Waals surface area contributed by atoms with E-state index in [0.717, 1.165) is 0 Å². The number of nitrogens with zero attached hydrogens (tertiary/aromatic N) is 1. The Balaban J connectivity index is 1.93. The molecule has 1 aliphatic rings. The van der Waals surface area contributed by atoms with Crippen LogP contribution in [-0.4, -0.2) is 23.3 Å². The first-order valence-electron chi connectivity index (χ1n) is 8.13. The van der Waals surface area contributed by atoms with Crippen molar-refractivity contribution in [1.29, 1.82) is 0 Å². The highest BCUT2D eigenvalue weighted by Gasteiger charge is 2.21. The predicted molar refractivity (Wildman–Crippen MR) is 90.8 cm³/mol. The Morgan fingerprint density at radius 1 is 1.05 bits per heavy atom. The van der Waals surface area contributed by atoms with Crippen LogP contribution in [0.2, 0.25) is 0 Å². The van der Waals surface area contributed by atoms with Crippen molar-refractivity contribution in [3.05, 3.63) is 11.6 Å². The van der Waals surface area contributed by atoms with E-state index in [1.807, 2.05) is 18.0 Å². The Kier molecular flexibility index (Phi) is 7.99. The molecule has 1 aromatic heterocycles. The minimum atomic E-state index is 0.642. The molecule has 20 heavy (non-hydrogen) atoms. The fourth-order valence-corrected chi connectivity index (χ4v) is 5.25. The van der Waals surface area contributed by atoms with E-state index in [4.69, 9.17) is 0 Å². The normalized spacial score (nSPS) is 26.6. The summed E-state index contributed by atoms with van der Waals surface area (Å²) >= 11 is 3.78. The van der Waals surface area contributed by atoms with Crippen LogP contribution in [0, 0.1) is 0 Å². The van der Waals surface area contributed by atoms with Gasteiger partial charge in [0.1, 0.15) is 4.34 Å². The minimum absolute atomic E-state index is 0.642. The van der Waals surface area contributed by atoms with Gasteiger partial charge in [0.05, 0.1) is 0 Å². The molecule has 4 heteroatoms. The van der Waals surface area contributed by atoms with Crippen LogP contribution in [0.15, 0.2) is 15.9 Å². The smallest absolute Gasteiger partial charge is 0.150 e. The van der Waals surface area contributed by atoms with Gasteiger partial charge in [-0.25, -0.2) is 4.98 Å². The first-order valence-corrected chi connectivity index (χ1v) is 9.89. The Morgan fingerprint density at radius 2 is 1.70 bits per heavy atom. The van der Waals surface area contributed by atoms with E-state index >= 15 is 0 Å². The quantitative estimate of drug-likeness (QED) is 0.840. The Bertz CT molecular complexity index is 340. The van der Waals surface area contributed by atoms with Gasteiger partial charge in [-0.3, -0.25) is 0 Å². The van der Waals surface area contributed by atoms with Crippen molar-refractivity contribution in [1.82, 2.24) is 10.3 Å². The van der Waals surface area contributed by atoms with E-state index < -0.39 is 0 Å². The number of hydrogen-bond acceptors (Lipinski definition) is 4. The standard InChI is InChI=1S/C16H28N2S2/c1-17-14-10-8-6-4-2-3-5-7-9-11-15(14)20-16-18-12-13-19-16/h12-15,17H,2-11H2,1H3. The summed E-state index contributed by atoms with van der Waals surface area (Å²) in [5.74, 6) is 0. The summed E-state index contributed by atoms with van der Waals surface area (Å²) in [6.07, 6.45) is 15.9. The summed E-state index contributed by atoms with van der Waals surface area (Å²) in [6.45, 7) is 0. The lowest BCUT2D eigenvalue weighted by Crippen LogP contribution is -2.35. The van der Waals surface area contributed by atoms with Crippen LogP contribution in [-0.2, 0) is 0 Å². The zero-order chi connectivity index (χ0) is 14.0. The molecule has 0 spiro atoms. The molecule has 1 heterocycles. The number of aromatic nitrogens is 1. The molecule has 0 aromatic carbocycles. The molecule has 2 nitrogen and oxygen atoms in total.